The van der Waals surface area contributed by atoms with Crippen LogP contribution in [0.5, 0.6) is 0 Å². The van der Waals surface area contributed by atoms with E-state index in [-0.39, 0.29) is 5.95 Å². The fourth-order valence-electron chi connectivity index (χ4n) is 2.03. The van der Waals surface area contributed by atoms with Gasteiger partial charge in [0, 0.05) is 24.5 Å². The lowest BCUT2D eigenvalue weighted by molar-refractivity contribution is 0.823. The Hall–Kier alpha value is -2.70. The number of nitrogens with zero attached hydrogens (tertiary/aromatic N) is 5. The Labute approximate surface area is 122 Å². The van der Waals surface area contributed by atoms with E-state index in [1.807, 2.05) is 12.1 Å². The molecule has 7 nitrogen and oxygen atoms in total. The van der Waals surface area contributed by atoms with Crippen LogP contribution in [-0.2, 0) is 0 Å². The zero-order valence-electron chi connectivity index (χ0n) is 11.8. The van der Waals surface area contributed by atoms with Crippen LogP contribution in [0.25, 0.3) is 16.9 Å². The van der Waals surface area contributed by atoms with E-state index < -0.39 is 0 Å². The van der Waals surface area contributed by atoms with E-state index in [0.717, 1.165) is 42.1 Å². The standard InChI is InChI=1S/C14H17N7/c1-2-3-6-16-12-4-5-13-17-9-11(21(13)20-12)10-7-18-14(15)19-8-10/h4-5,7-9H,2-3,6H2,1H3,(H,16,20)(H2,15,18,19). The van der Waals surface area contributed by atoms with Crippen LogP contribution < -0.4 is 11.1 Å². The highest BCUT2D eigenvalue weighted by Gasteiger charge is 2.08. The molecule has 0 spiro atoms. The topological polar surface area (TPSA) is 94.0 Å². The molecule has 0 aliphatic carbocycles. The van der Waals surface area contributed by atoms with Crippen LogP contribution >= 0.6 is 0 Å². The van der Waals surface area contributed by atoms with E-state index in [9.17, 15) is 0 Å². The van der Waals surface area contributed by atoms with Crippen molar-refractivity contribution in [2.45, 2.75) is 19.8 Å². The zero-order chi connectivity index (χ0) is 14.7. The van der Waals surface area contributed by atoms with E-state index in [2.05, 4.69) is 32.3 Å². The van der Waals surface area contributed by atoms with Crippen molar-refractivity contribution in [1.29, 1.82) is 0 Å². The minimum absolute atomic E-state index is 0.252. The molecule has 3 aromatic rings. The van der Waals surface area contributed by atoms with Gasteiger partial charge >= 0.3 is 0 Å². The van der Waals surface area contributed by atoms with Gasteiger partial charge in [-0.05, 0) is 18.6 Å². The third-order valence-electron chi connectivity index (χ3n) is 3.17. The summed E-state index contributed by atoms with van der Waals surface area (Å²) in [6.07, 6.45) is 7.36. The van der Waals surface area contributed by atoms with Gasteiger partial charge in [-0.25, -0.2) is 19.5 Å². The van der Waals surface area contributed by atoms with Gasteiger partial charge in [0.25, 0.3) is 0 Å². The Morgan fingerprint density at radius 3 is 2.71 bits per heavy atom. The summed E-state index contributed by atoms with van der Waals surface area (Å²) in [5, 5.41) is 7.87. The van der Waals surface area contributed by atoms with Crippen LogP contribution in [0.4, 0.5) is 11.8 Å². The molecule has 0 aliphatic rings. The Morgan fingerprint density at radius 1 is 1.14 bits per heavy atom. The molecule has 3 rings (SSSR count). The molecule has 0 amide bonds. The Bertz CT molecular complexity index is 733. The molecule has 3 heterocycles. The van der Waals surface area contributed by atoms with Gasteiger partial charge in [0.1, 0.15) is 5.82 Å². The molecule has 21 heavy (non-hydrogen) atoms. The van der Waals surface area contributed by atoms with Gasteiger partial charge in [-0.1, -0.05) is 13.3 Å². The number of unbranched alkanes of at least 4 members (excludes halogenated alkanes) is 1. The quantitative estimate of drug-likeness (QED) is 0.695. The number of nitrogen functional groups attached to an aromatic ring is 1. The second-order valence-electron chi connectivity index (χ2n) is 4.74. The molecule has 0 radical (unpaired) electrons. The highest BCUT2D eigenvalue weighted by atomic mass is 15.3. The fraction of sp³-hybridized carbons (Fsp3) is 0.286. The zero-order valence-corrected chi connectivity index (χ0v) is 11.8. The van der Waals surface area contributed by atoms with E-state index >= 15 is 0 Å². The van der Waals surface area contributed by atoms with E-state index in [1.165, 1.54) is 0 Å². The normalized spacial score (nSPS) is 10.9. The van der Waals surface area contributed by atoms with Crippen molar-refractivity contribution in [3.05, 3.63) is 30.7 Å². The first-order chi connectivity index (χ1) is 10.3. The van der Waals surface area contributed by atoms with Crippen LogP contribution in [0.3, 0.4) is 0 Å². The molecular formula is C14H17N7. The number of rotatable bonds is 5. The number of hydrogen-bond donors (Lipinski definition) is 2. The van der Waals surface area contributed by atoms with E-state index in [1.54, 1.807) is 23.1 Å². The lowest BCUT2D eigenvalue weighted by Crippen LogP contribution is -2.06. The molecule has 108 valence electrons. The first kappa shape index (κ1) is 13.3. The molecule has 0 aliphatic heterocycles. The van der Waals surface area contributed by atoms with E-state index in [4.69, 9.17) is 5.73 Å². The average Bonchev–Trinajstić information content (AvgIpc) is 2.92. The van der Waals surface area contributed by atoms with Crippen LogP contribution in [0.2, 0.25) is 0 Å². The van der Waals surface area contributed by atoms with Gasteiger partial charge in [-0.15, -0.1) is 5.10 Å². The molecule has 0 aromatic carbocycles. The van der Waals surface area contributed by atoms with Crippen molar-refractivity contribution >= 4 is 17.4 Å². The maximum absolute atomic E-state index is 5.51. The molecule has 0 atom stereocenters. The summed E-state index contributed by atoms with van der Waals surface area (Å²) >= 11 is 0. The van der Waals surface area contributed by atoms with Crippen molar-refractivity contribution in [2.24, 2.45) is 0 Å². The number of imidazole rings is 1. The minimum Gasteiger partial charge on any atom is -0.369 e. The van der Waals surface area contributed by atoms with Crippen molar-refractivity contribution in [3.8, 4) is 11.3 Å². The molecule has 0 bridgehead atoms. The summed E-state index contributed by atoms with van der Waals surface area (Å²) in [6.45, 7) is 3.07. The van der Waals surface area contributed by atoms with Crippen LogP contribution in [0.1, 0.15) is 19.8 Å². The summed E-state index contributed by atoms with van der Waals surface area (Å²) < 4.78 is 1.78. The fourth-order valence-corrected chi connectivity index (χ4v) is 2.03. The van der Waals surface area contributed by atoms with Gasteiger partial charge in [0.2, 0.25) is 5.95 Å². The van der Waals surface area contributed by atoms with Crippen LogP contribution in [0, 0.1) is 0 Å². The number of fused-ring (bicyclic) bond motifs is 1. The smallest absolute Gasteiger partial charge is 0.219 e. The second kappa shape index (κ2) is 5.74. The number of anilines is 2. The van der Waals surface area contributed by atoms with Crippen LogP contribution in [0.15, 0.2) is 30.7 Å². The summed E-state index contributed by atoms with van der Waals surface area (Å²) in [5.41, 5.74) is 7.96. The average molecular weight is 283 g/mol. The number of aromatic nitrogens is 5. The predicted molar refractivity (Wildman–Crippen MR) is 81.8 cm³/mol. The molecule has 3 N–H and O–H groups in total. The highest BCUT2D eigenvalue weighted by molar-refractivity contribution is 5.62. The third kappa shape index (κ3) is 2.76. The maximum atomic E-state index is 5.51. The monoisotopic (exact) mass is 283 g/mol. The third-order valence-corrected chi connectivity index (χ3v) is 3.17. The summed E-state index contributed by atoms with van der Waals surface area (Å²) in [4.78, 5) is 12.4. The first-order valence-electron chi connectivity index (χ1n) is 6.94. The van der Waals surface area contributed by atoms with E-state index in [0.29, 0.717) is 0 Å². The number of hydrogen-bond acceptors (Lipinski definition) is 6. The highest BCUT2D eigenvalue weighted by Crippen LogP contribution is 2.19. The molecule has 0 fully saturated rings. The predicted octanol–water partition coefficient (Wildman–Crippen LogP) is 1.98. The number of nitrogens with two attached hydrogens (primary N) is 1. The SMILES string of the molecule is CCCCNc1ccc2ncc(-c3cnc(N)nc3)n2n1. The van der Waals surface area contributed by atoms with Crippen molar-refractivity contribution in [3.63, 3.8) is 0 Å². The van der Waals surface area contributed by atoms with Gasteiger partial charge in [-0.3, -0.25) is 0 Å². The summed E-state index contributed by atoms with van der Waals surface area (Å²) in [5.74, 6) is 1.08. The molecular weight excluding hydrogens is 266 g/mol. The van der Waals surface area contributed by atoms with Crippen molar-refractivity contribution in [1.82, 2.24) is 24.6 Å². The van der Waals surface area contributed by atoms with Gasteiger partial charge < -0.3 is 11.1 Å². The maximum Gasteiger partial charge on any atom is 0.219 e. The van der Waals surface area contributed by atoms with Crippen molar-refractivity contribution in [2.75, 3.05) is 17.6 Å². The first-order valence-corrected chi connectivity index (χ1v) is 6.94. The van der Waals surface area contributed by atoms with Gasteiger partial charge in [-0.2, -0.15) is 0 Å². The summed E-state index contributed by atoms with van der Waals surface area (Å²) in [6, 6.07) is 3.87. The second-order valence-corrected chi connectivity index (χ2v) is 4.74. The molecule has 3 aromatic heterocycles. The lowest BCUT2D eigenvalue weighted by Gasteiger charge is -2.06. The Morgan fingerprint density at radius 2 is 1.95 bits per heavy atom. The minimum atomic E-state index is 0.252. The summed E-state index contributed by atoms with van der Waals surface area (Å²) in [7, 11) is 0. The lowest BCUT2D eigenvalue weighted by atomic mass is 10.3. The molecule has 0 saturated carbocycles. The van der Waals surface area contributed by atoms with Gasteiger partial charge in [0.05, 0.1) is 11.9 Å². The Balaban J connectivity index is 1.95. The molecule has 7 heteroatoms. The molecule has 0 unspecified atom stereocenters. The van der Waals surface area contributed by atoms with Gasteiger partial charge in [0.15, 0.2) is 5.65 Å². The molecule has 0 saturated heterocycles. The Kier molecular flexibility index (Phi) is 3.63. The number of nitrogens with one attached hydrogen (secondary N) is 1. The largest absolute Gasteiger partial charge is 0.369 e. The van der Waals surface area contributed by atoms with Crippen molar-refractivity contribution < 1.29 is 0 Å². The van der Waals surface area contributed by atoms with Crippen LogP contribution in [-0.4, -0.2) is 31.1 Å².